The first kappa shape index (κ1) is 18.7. The largest absolute Gasteiger partial charge is 0.337 e. The van der Waals surface area contributed by atoms with Crippen LogP contribution >= 0.6 is 0 Å². The lowest BCUT2D eigenvalue weighted by Gasteiger charge is -2.22. The van der Waals surface area contributed by atoms with Gasteiger partial charge in [0.2, 0.25) is 0 Å². The number of hydrogen-bond donors (Lipinski definition) is 0. The summed E-state index contributed by atoms with van der Waals surface area (Å²) in [5.41, 5.74) is 5.14. The van der Waals surface area contributed by atoms with Gasteiger partial charge in [-0.25, -0.2) is 4.98 Å². The van der Waals surface area contributed by atoms with Crippen molar-refractivity contribution in [2.75, 3.05) is 32.7 Å². The fourth-order valence-corrected chi connectivity index (χ4v) is 4.07. The third kappa shape index (κ3) is 3.80. The summed E-state index contributed by atoms with van der Waals surface area (Å²) in [6, 6.07) is 10.2. The highest BCUT2D eigenvalue weighted by molar-refractivity contribution is 5.94. The van der Waals surface area contributed by atoms with Gasteiger partial charge >= 0.3 is 0 Å². The molecule has 3 heterocycles. The summed E-state index contributed by atoms with van der Waals surface area (Å²) in [5, 5.41) is 0. The minimum absolute atomic E-state index is 0.145. The molecule has 3 aromatic rings. The van der Waals surface area contributed by atoms with Crippen LogP contribution in [0.1, 0.15) is 35.7 Å². The van der Waals surface area contributed by atoms with E-state index in [-0.39, 0.29) is 5.91 Å². The Bertz CT molecular complexity index is 960. The highest BCUT2D eigenvalue weighted by atomic mass is 16.2. The van der Waals surface area contributed by atoms with Crippen LogP contribution in [0.25, 0.3) is 16.8 Å². The number of aryl methyl sites for hydroxylation is 1. The minimum Gasteiger partial charge on any atom is -0.337 e. The number of carbonyl (C=O) groups excluding carboxylic acids is 1. The second-order valence-corrected chi connectivity index (χ2v) is 7.63. The molecule has 0 atom stereocenters. The molecule has 0 aliphatic carbocycles. The van der Waals surface area contributed by atoms with Gasteiger partial charge in [-0.05, 0) is 67.7 Å². The SMILES string of the molecule is CCCN1CCCN(C(=O)c2ccc(-c3cc(C)c4nccn4c3)cc2)CC1. The van der Waals surface area contributed by atoms with Crippen molar-refractivity contribution in [3.8, 4) is 11.1 Å². The first-order valence-corrected chi connectivity index (χ1v) is 10.2. The van der Waals surface area contributed by atoms with E-state index in [0.717, 1.165) is 67.0 Å². The first-order valence-electron chi connectivity index (χ1n) is 10.2. The quantitative estimate of drug-likeness (QED) is 0.694. The number of rotatable bonds is 4. The number of pyridine rings is 1. The van der Waals surface area contributed by atoms with Crippen LogP contribution in [0.15, 0.2) is 48.9 Å². The van der Waals surface area contributed by atoms with Gasteiger partial charge in [-0.1, -0.05) is 19.1 Å². The van der Waals surface area contributed by atoms with Gasteiger partial charge in [0, 0.05) is 43.8 Å². The van der Waals surface area contributed by atoms with E-state index < -0.39 is 0 Å². The Hall–Kier alpha value is -2.66. The van der Waals surface area contributed by atoms with Crippen LogP contribution in [0.3, 0.4) is 0 Å². The van der Waals surface area contributed by atoms with Crippen molar-refractivity contribution in [1.82, 2.24) is 19.2 Å². The molecule has 4 rings (SSSR count). The molecule has 146 valence electrons. The van der Waals surface area contributed by atoms with Gasteiger partial charge in [0.1, 0.15) is 5.65 Å². The molecule has 2 aromatic heterocycles. The molecule has 0 bridgehead atoms. The number of imidazole rings is 1. The molecule has 1 aliphatic rings. The summed E-state index contributed by atoms with van der Waals surface area (Å²) in [7, 11) is 0. The second kappa shape index (κ2) is 8.15. The van der Waals surface area contributed by atoms with Crippen molar-refractivity contribution in [3.63, 3.8) is 0 Å². The molecule has 0 saturated carbocycles. The predicted octanol–water partition coefficient (Wildman–Crippen LogP) is 3.87. The number of benzene rings is 1. The van der Waals surface area contributed by atoms with Crippen LogP contribution in [0.2, 0.25) is 0 Å². The van der Waals surface area contributed by atoms with E-state index in [4.69, 9.17) is 0 Å². The standard InChI is InChI=1S/C23H28N4O/c1-3-10-25-11-4-12-26(15-14-25)23(28)20-7-5-19(6-8-20)21-16-18(2)22-24-9-13-27(22)17-21/h5-9,13,16-17H,3-4,10-12,14-15H2,1-2H3. The van der Waals surface area contributed by atoms with Crippen LogP contribution in [0.4, 0.5) is 0 Å². The van der Waals surface area contributed by atoms with Crippen molar-refractivity contribution < 1.29 is 4.79 Å². The molecule has 1 saturated heterocycles. The molecule has 1 aromatic carbocycles. The van der Waals surface area contributed by atoms with Gasteiger partial charge in [-0.3, -0.25) is 4.79 Å². The van der Waals surface area contributed by atoms with Crippen LogP contribution in [0.5, 0.6) is 0 Å². The monoisotopic (exact) mass is 376 g/mol. The summed E-state index contributed by atoms with van der Waals surface area (Å²) >= 11 is 0. The summed E-state index contributed by atoms with van der Waals surface area (Å²) < 4.78 is 2.04. The van der Waals surface area contributed by atoms with Gasteiger partial charge in [0.25, 0.3) is 5.91 Å². The van der Waals surface area contributed by atoms with Gasteiger partial charge in [0.15, 0.2) is 0 Å². The Labute approximate surface area is 166 Å². The van der Waals surface area contributed by atoms with Crippen LogP contribution < -0.4 is 0 Å². The average molecular weight is 377 g/mol. The molecule has 0 unspecified atom stereocenters. The van der Waals surface area contributed by atoms with Gasteiger partial charge in [0.05, 0.1) is 0 Å². The molecule has 5 nitrogen and oxygen atoms in total. The Morgan fingerprint density at radius 3 is 2.68 bits per heavy atom. The third-order valence-electron chi connectivity index (χ3n) is 5.55. The first-order chi connectivity index (χ1) is 13.7. The highest BCUT2D eigenvalue weighted by Gasteiger charge is 2.20. The van der Waals surface area contributed by atoms with E-state index in [2.05, 4.69) is 36.0 Å². The maximum Gasteiger partial charge on any atom is 0.253 e. The zero-order chi connectivity index (χ0) is 19.5. The molecular formula is C23H28N4O. The highest BCUT2D eigenvalue weighted by Crippen LogP contribution is 2.23. The molecule has 0 spiro atoms. The minimum atomic E-state index is 0.145. The van der Waals surface area contributed by atoms with Crippen molar-refractivity contribution in [3.05, 3.63) is 60.0 Å². The molecular weight excluding hydrogens is 348 g/mol. The smallest absolute Gasteiger partial charge is 0.253 e. The summed E-state index contributed by atoms with van der Waals surface area (Å²) in [6.07, 6.45) is 8.08. The maximum atomic E-state index is 13.0. The lowest BCUT2D eigenvalue weighted by Crippen LogP contribution is -2.35. The zero-order valence-corrected chi connectivity index (χ0v) is 16.8. The number of aromatic nitrogens is 2. The van der Waals surface area contributed by atoms with Crippen LogP contribution in [0, 0.1) is 6.92 Å². The molecule has 1 fully saturated rings. The molecule has 1 aliphatic heterocycles. The Morgan fingerprint density at radius 1 is 1.07 bits per heavy atom. The zero-order valence-electron chi connectivity index (χ0n) is 16.8. The van der Waals surface area contributed by atoms with E-state index in [9.17, 15) is 4.79 Å². The number of hydrogen-bond acceptors (Lipinski definition) is 3. The maximum absolute atomic E-state index is 13.0. The lowest BCUT2D eigenvalue weighted by atomic mass is 10.0. The Kier molecular flexibility index (Phi) is 5.44. The van der Waals surface area contributed by atoms with Gasteiger partial charge < -0.3 is 14.2 Å². The number of nitrogens with zero attached hydrogens (tertiary/aromatic N) is 4. The van der Waals surface area contributed by atoms with E-state index in [1.54, 1.807) is 0 Å². The summed E-state index contributed by atoms with van der Waals surface area (Å²) in [4.78, 5) is 21.8. The van der Waals surface area contributed by atoms with E-state index >= 15 is 0 Å². The van der Waals surface area contributed by atoms with E-state index in [0.29, 0.717) is 0 Å². The summed E-state index contributed by atoms with van der Waals surface area (Å²) in [6.45, 7) is 9.13. The fourth-order valence-electron chi connectivity index (χ4n) is 4.07. The lowest BCUT2D eigenvalue weighted by molar-refractivity contribution is 0.0761. The Morgan fingerprint density at radius 2 is 1.89 bits per heavy atom. The number of amides is 1. The van der Waals surface area contributed by atoms with Crippen LogP contribution in [-0.4, -0.2) is 57.8 Å². The molecule has 0 N–H and O–H groups in total. The van der Waals surface area contributed by atoms with Crippen molar-refractivity contribution >= 4 is 11.6 Å². The Balaban J connectivity index is 1.50. The fraction of sp³-hybridized carbons (Fsp3) is 0.391. The molecule has 5 heteroatoms. The molecule has 1 amide bonds. The third-order valence-corrected chi connectivity index (χ3v) is 5.55. The normalized spacial score (nSPS) is 15.7. The van der Waals surface area contributed by atoms with Crippen molar-refractivity contribution in [1.29, 1.82) is 0 Å². The predicted molar refractivity (Wildman–Crippen MR) is 113 cm³/mol. The van der Waals surface area contributed by atoms with Crippen LogP contribution in [-0.2, 0) is 0 Å². The van der Waals surface area contributed by atoms with Crippen molar-refractivity contribution in [2.24, 2.45) is 0 Å². The van der Waals surface area contributed by atoms with Gasteiger partial charge in [-0.2, -0.15) is 0 Å². The number of fused-ring (bicyclic) bond motifs is 1. The van der Waals surface area contributed by atoms with Crippen molar-refractivity contribution in [2.45, 2.75) is 26.7 Å². The second-order valence-electron chi connectivity index (χ2n) is 7.63. The van der Waals surface area contributed by atoms with Gasteiger partial charge in [-0.15, -0.1) is 0 Å². The van der Waals surface area contributed by atoms with E-state index in [1.807, 2.05) is 46.0 Å². The summed E-state index contributed by atoms with van der Waals surface area (Å²) in [5.74, 6) is 0.145. The topological polar surface area (TPSA) is 40.8 Å². The molecule has 0 radical (unpaired) electrons. The van der Waals surface area contributed by atoms with E-state index in [1.165, 1.54) is 6.42 Å². The number of carbonyl (C=O) groups is 1. The molecule has 28 heavy (non-hydrogen) atoms. The average Bonchev–Trinajstić information content (AvgIpc) is 3.07.